The average molecular weight is 294 g/mol. The van der Waals surface area contributed by atoms with Crippen molar-refractivity contribution in [3.05, 3.63) is 20.3 Å². The molecule has 1 aromatic rings. The summed E-state index contributed by atoms with van der Waals surface area (Å²) in [7, 11) is 0. The van der Waals surface area contributed by atoms with E-state index in [2.05, 4.69) is 33.0 Å². The largest absolute Gasteiger partial charge is 0.310 e. The predicted molar refractivity (Wildman–Crippen MR) is 79.4 cm³/mol. The maximum atomic E-state index is 6.22. The summed E-state index contributed by atoms with van der Waals surface area (Å²) in [5.74, 6) is 0. The van der Waals surface area contributed by atoms with Gasteiger partial charge in [0.2, 0.25) is 0 Å². The first-order valence-electron chi connectivity index (χ1n) is 6.01. The fourth-order valence-electron chi connectivity index (χ4n) is 1.78. The van der Waals surface area contributed by atoms with Crippen molar-refractivity contribution < 1.29 is 0 Å². The minimum absolute atomic E-state index is 0.315. The lowest BCUT2D eigenvalue weighted by atomic mass is 9.87. The predicted octanol–water partition coefficient (Wildman–Crippen LogP) is 5.53. The summed E-state index contributed by atoms with van der Waals surface area (Å²) in [5, 5.41) is 3.49. The van der Waals surface area contributed by atoms with Gasteiger partial charge in [0.15, 0.2) is 0 Å². The first kappa shape index (κ1) is 15.3. The molecule has 4 heteroatoms. The Morgan fingerprint density at radius 1 is 1.35 bits per heavy atom. The lowest BCUT2D eigenvalue weighted by Gasteiger charge is -2.23. The van der Waals surface area contributed by atoms with Gasteiger partial charge in [-0.1, -0.05) is 50.9 Å². The van der Waals surface area contributed by atoms with Gasteiger partial charge in [-0.3, -0.25) is 0 Å². The number of hydrogen-bond donors (Lipinski definition) is 1. The molecule has 0 saturated heterocycles. The molecule has 0 bridgehead atoms. The number of halogens is 2. The van der Waals surface area contributed by atoms with E-state index in [9.17, 15) is 0 Å². The summed E-state index contributed by atoms with van der Waals surface area (Å²) in [5.41, 5.74) is 1.49. The Kier molecular flexibility index (Phi) is 5.78. The number of hydrogen-bond acceptors (Lipinski definition) is 2. The molecule has 1 aromatic heterocycles. The molecule has 0 saturated carbocycles. The summed E-state index contributed by atoms with van der Waals surface area (Å²) in [6.45, 7) is 9.85. The van der Waals surface area contributed by atoms with Crippen molar-refractivity contribution in [1.29, 1.82) is 0 Å². The van der Waals surface area contributed by atoms with Crippen molar-refractivity contribution in [1.82, 2.24) is 5.32 Å². The van der Waals surface area contributed by atoms with Crippen LogP contribution in [-0.4, -0.2) is 6.54 Å². The number of thiophene rings is 1. The SMILES string of the molecule is CCNC(CCC(C)(C)C)c1cc(Cl)sc1Cl. The number of rotatable bonds is 5. The molecular weight excluding hydrogens is 273 g/mol. The topological polar surface area (TPSA) is 12.0 Å². The minimum Gasteiger partial charge on any atom is -0.310 e. The molecule has 1 N–H and O–H groups in total. The molecule has 0 radical (unpaired) electrons. The van der Waals surface area contributed by atoms with Gasteiger partial charge in [0.25, 0.3) is 0 Å². The van der Waals surface area contributed by atoms with Gasteiger partial charge >= 0.3 is 0 Å². The first-order chi connectivity index (χ1) is 7.83. The van der Waals surface area contributed by atoms with E-state index in [1.165, 1.54) is 11.3 Å². The smallest absolute Gasteiger partial charge is 0.0991 e. The lowest BCUT2D eigenvalue weighted by molar-refractivity contribution is 0.334. The lowest BCUT2D eigenvalue weighted by Crippen LogP contribution is -2.22. The molecule has 1 unspecified atom stereocenters. The van der Waals surface area contributed by atoms with Crippen LogP contribution in [0, 0.1) is 5.41 Å². The molecule has 98 valence electrons. The van der Waals surface area contributed by atoms with Crippen LogP contribution in [0.3, 0.4) is 0 Å². The number of nitrogens with one attached hydrogen (secondary N) is 1. The van der Waals surface area contributed by atoms with Crippen molar-refractivity contribution in [2.75, 3.05) is 6.54 Å². The van der Waals surface area contributed by atoms with Gasteiger partial charge in [0, 0.05) is 11.6 Å². The highest BCUT2D eigenvalue weighted by Gasteiger charge is 2.19. The summed E-state index contributed by atoms with van der Waals surface area (Å²) in [6.07, 6.45) is 2.25. The third-order valence-electron chi connectivity index (χ3n) is 2.69. The van der Waals surface area contributed by atoms with Crippen LogP contribution in [0.25, 0.3) is 0 Å². The molecule has 17 heavy (non-hydrogen) atoms. The van der Waals surface area contributed by atoms with Gasteiger partial charge in [-0.15, -0.1) is 11.3 Å². The molecule has 1 rings (SSSR count). The minimum atomic E-state index is 0.315. The third-order valence-corrected chi connectivity index (χ3v) is 4.21. The second-order valence-electron chi connectivity index (χ2n) is 5.49. The molecule has 0 aliphatic heterocycles. The Morgan fingerprint density at radius 3 is 2.41 bits per heavy atom. The van der Waals surface area contributed by atoms with Crippen LogP contribution in [0.1, 0.15) is 52.1 Å². The van der Waals surface area contributed by atoms with Crippen LogP contribution in [0.15, 0.2) is 6.07 Å². The molecule has 0 aromatic carbocycles. The molecule has 0 spiro atoms. The maximum absolute atomic E-state index is 6.22. The monoisotopic (exact) mass is 293 g/mol. The van der Waals surface area contributed by atoms with Crippen molar-refractivity contribution in [3.8, 4) is 0 Å². The fourth-order valence-corrected chi connectivity index (χ4v) is 3.36. The van der Waals surface area contributed by atoms with E-state index in [-0.39, 0.29) is 0 Å². The van der Waals surface area contributed by atoms with Gasteiger partial charge < -0.3 is 5.32 Å². The standard InChI is InChI=1S/C13H21Cl2NS/c1-5-16-10(6-7-13(2,3)4)9-8-11(14)17-12(9)15/h8,10,16H,5-7H2,1-4H3. The normalized spacial score (nSPS) is 14.0. The summed E-state index contributed by atoms with van der Waals surface area (Å²) in [4.78, 5) is 0. The van der Waals surface area contributed by atoms with Crippen molar-refractivity contribution in [2.24, 2.45) is 5.41 Å². The highest BCUT2D eigenvalue weighted by molar-refractivity contribution is 7.20. The van der Waals surface area contributed by atoms with Crippen molar-refractivity contribution in [3.63, 3.8) is 0 Å². The maximum Gasteiger partial charge on any atom is 0.0991 e. The highest BCUT2D eigenvalue weighted by atomic mass is 35.5. The van der Waals surface area contributed by atoms with Crippen LogP contribution in [0.4, 0.5) is 0 Å². The van der Waals surface area contributed by atoms with Crippen LogP contribution in [0.5, 0.6) is 0 Å². The van der Waals surface area contributed by atoms with Crippen LogP contribution in [-0.2, 0) is 0 Å². The molecule has 1 atom stereocenters. The Morgan fingerprint density at radius 2 is 2.00 bits per heavy atom. The van der Waals surface area contributed by atoms with E-state index in [1.54, 1.807) is 0 Å². The third kappa shape index (κ3) is 5.17. The Balaban J connectivity index is 2.75. The van der Waals surface area contributed by atoms with Gasteiger partial charge in [-0.05, 0) is 30.9 Å². The van der Waals surface area contributed by atoms with Crippen molar-refractivity contribution in [2.45, 2.75) is 46.6 Å². The Bertz CT molecular complexity index is 355. The molecule has 0 amide bonds. The molecule has 0 fully saturated rings. The van der Waals surface area contributed by atoms with Crippen LogP contribution < -0.4 is 5.32 Å². The van der Waals surface area contributed by atoms with Crippen molar-refractivity contribution >= 4 is 34.5 Å². The van der Waals surface area contributed by atoms with Gasteiger partial charge in [-0.2, -0.15) is 0 Å². The first-order valence-corrected chi connectivity index (χ1v) is 7.59. The van der Waals surface area contributed by atoms with E-state index in [0.717, 1.165) is 33.6 Å². The van der Waals surface area contributed by atoms with Gasteiger partial charge in [0.1, 0.15) is 0 Å². The zero-order valence-electron chi connectivity index (χ0n) is 10.9. The van der Waals surface area contributed by atoms with E-state index < -0.39 is 0 Å². The Hall–Kier alpha value is 0.240. The second kappa shape index (κ2) is 6.42. The molecule has 1 heterocycles. The average Bonchev–Trinajstić information content (AvgIpc) is 2.51. The quantitative estimate of drug-likeness (QED) is 0.752. The van der Waals surface area contributed by atoms with Gasteiger partial charge in [-0.25, -0.2) is 0 Å². The molecule has 0 aliphatic carbocycles. The fraction of sp³-hybridized carbons (Fsp3) is 0.692. The van der Waals surface area contributed by atoms with E-state index in [0.29, 0.717) is 11.5 Å². The second-order valence-corrected chi connectivity index (χ2v) is 7.77. The highest BCUT2D eigenvalue weighted by Crippen LogP contribution is 2.37. The summed E-state index contributed by atoms with van der Waals surface area (Å²) < 4.78 is 1.58. The zero-order valence-corrected chi connectivity index (χ0v) is 13.3. The van der Waals surface area contributed by atoms with E-state index >= 15 is 0 Å². The van der Waals surface area contributed by atoms with E-state index in [4.69, 9.17) is 23.2 Å². The Labute approximate surface area is 119 Å². The summed E-state index contributed by atoms with van der Waals surface area (Å²) in [6, 6.07) is 2.31. The molecular formula is C13H21Cl2NS. The van der Waals surface area contributed by atoms with Crippen LogP contribution >= 0.6 is 34.5 Å². The van der Waals surface area contributed by atoms with E-state index in [1.807, 2.05) is 6.07 Å². The van der Waals surface area contributed by atoms with Gasteiger partial charge in [0.05, 0.1) is 8.67 Å². The zero-order chi connectivity index (χ0) is 13.1. The molecule has 0 aliphatic rings. The van der Waals surface area contributed by atoms with Crippen LogP contribution in [0.2, 0.25) is 8.67 Å². The molecule has 1 nitrogen and oxygen atoms in total. The summed E-state index contributed by atoms with van der Waals surface area (Å²) >= 11 is 13.7.